The van der Waals surface area contributed by atoms with Crippen molar-refractivity contribution >= 4 is 5.78 Å². The van der Waals surface area contributed by atoms with Crippen LogP contribution in [0.3, 0.4) is 0 Å². The van der Waals surface area contributed by atoms with E-state index < -0.39 is 0 Å². The van der Waals surface area contributed by atoms with E-state index in [9.17, 15) is 4.79 Å². The molecule has 0 saturated carbocycles. The molecule has 0 amide bonds. The van der Waals surface area contributed by atoms with Gasteiger partial charge in [-0.25, -0.2) is 0 Å². The summed E-state index contributed by atoms with van der Waals surface area (Å²) in [6.07, 6.45) is 1.73. The molecule has 1 aromatic carbocycles. The average molecular weight is 290 g/mol. The second kappa shape index (κ2) is 6.06. The summed E-state index contributed by atoms with van der Waals surface area (Å²) in [6.45, 7) is 6.09. The Morgan fingerprint density at radius 1 is 1.24 bits per heavy atom. The molecule has 1 saturated heterocycles. The molecule has 2 aliphatic rings. The number of Topliss-reactive ketones (excluding diaryl/α,β-unsaturated/α-hetero) is 1. The molecule has 3 atom stereocenters. The molecule has 21 heavy (non-hydrogen) atoms. The van der Waals surface area contributed by atoms with Crippen LogP contribution in [-0.2, 0) is 4.74 Å². The number of carbonyl (C=O) groups excluding carboxylic acids is 1. The van der Waals surface area contributed by atoms with Crippen molar-refractivity contribution in [3.8, 4) is 11.5 Å². The lowest BCUT2D eigenvalue weighted by molar-refractivity contribution is 0.0689. The second-order valence-corrected chi connectivity index (χ2v) is 5.97. The average Bonchev–Trinajstić information content (AvgIpc) is 2.91. The number of hydrogen-bond donors (Lipinski definition) is 0. The predicted octanol–water partition coefficient (Wildman–Crippen LogP) is 3.09. The minimum Gasteiger partial charge on any atom is -0.489 e. The van der Waals surface area contributed by atoms with Crippen LogP contribution in [0.15, 0.2) is 18.2 Å². The van der Waals surface area contributed by atoms with Crippen LogP contribution >= 0.6 is 0 Å². The molecule has 0 aromatic heterocycles. The maximum absolute atomic E-state index is 12.7. The van der Waals surface area contributed by atoms with Gasteiger partial charge in [0.05, 0.1) is 25.2 Å². The van der Waals surface area contributed by atoms with Crippen LogP contribution in [0.2, 0.25) is 0 Å². The summed E-state index contributed by atoms with van der Waals surface area (Å²) in [5, 5.41) is 0. The number of ketones is 1. The first-order valence-corrected chi connectivity index (χ1v) is 7.74. The quantitative estimate of drug-likeness (QED) is 0.802. The number of ether oxygens (including phenoxy) is 3. The van der Waals surface area contributed by atoms with Crippen molar-refractivity contribution in [3.63, 3.8) is 0 Å². The van der Waals surface area contributed by atoms with Crippen molar-refractivity contribution in [3.05, 3.63) is 23.8 Å². The van der Waals surface area contributed by atoms with E-state index in [-0.39, 0.29) is 17.8 Å². The Kier molecular flexibility index (Phi) is 4.15. The Morgan fingerprint density at radius 3 is 2.76 bits per heavy atom. The Morgan fingerprint density at radius 2 is 2.00 bits per heavy atom. The molecule has 2 heterocycles. The van der Waals surface area contributed by atoms with E-state index in [2.05, 4.69) is 13.8 Å². The van der Waals surface area contributed by atoms with Crippen LogP contribution in [0.5, 0.6) is 11.5 Å². The summed E-state index contributed by atoms with van der Waals surface area (Å²) >= 11 is 0. The summed E-state index contributed by atoms with van der Waals surface area (Å²) in [7, 11) is 0. The maximum Gasteiger partial charge on any atom is 0.168 e. The summed E-state index contributed by atoms with van der Waals surface area (Å²) in [5.41, 5.74) is 0.695. The van der Waals surface area contributed by atoms with Crippen LogP contribution in [0.4, 0.5) is 0 Å². The third-order valence-corrected chi connectivity index (χ3v) is 4.22. The van der Waals surface area contributed by atoms with Gasteiger partial charge in [0.1, 0.15) is 0 Å². The van der Waals surface area contributed by atoms with Gasteiger partial charge in [0.25, 0.3) is 0 Å². The van der Waals surface area contributed by atoms with Gasteiger partial charge in [-0.15, -0.1) is 0 Å². The van der Waals surface area contributed by atoms with Gasteiger partial charge in [-0.3, -0.25) is 4.79 Å². The lowest BCUT2D eigenvalue weighted by Gasteiger charge is -2.16. The summed E-state index contributed by atoms with van der Waals surface area (Å²) in [4.78, 5) is 12.7. The summed E-state index contributed by atoms with van der Waals surface area (Å²) in [5.74, 6) is 1.88. The van der Waals surface area contributed by atoms with Crippen molar-refractivity contribution in [2.24, 2.45) is 11.8 Å². The SMILES string of the molecule is CCC1OCCC1C(=O)c1ccc2c(c1)OCC(C)CO2. The Hall–Kier alpha value is -1.55. The van der Waals surface area contributed by atoms with Gasteiger partial charge in [-0.2, -0.15) is 0 Å². The van der Waals surface area contributed by atoms with E-state index in [0.29, 0.717) is 37.1 Å². The van der Waals surface area contributed by atoms with Crippen molar-refractivity contribution in [1.29, 1.82) is 0 Å². The molecule has 1 aromatic rings. The highest BCUT2D eigenvalue weighted by Crippen LogP contribution is 2.34. The largest absolute Gasteiger partial charge is 0.489 e. The van der Waals surface area contributed by atoms with Crippen molar-refractivity contribution in [2.45, 2.75) is 32.8 Å². The lowest BCUT2D eigenvalue weighted by atomic mass is 9.90. The van der Waals surface area contributed by atoms with Gasteiger partial charge < -0.3 is 14.2 Å². The molecule has 4 heteroatoms. The van der Waals surface area contributed by atoms with Crippen LogP contribution in [0, 0.1) is 11.8 Å². The Labute approximate surface area is 125 Å². The Balaban J connectivity index is 1.82. The van der Waals surface area contributed by atoms with Gasteiger partial charge in [0.15, 0.2) is 17.3 Å². The fourth-order valence-corrected chi connectivity index (χ4v) is 2.97. The number of carbonyl (C=O) groups is 1. The zero-order valence-electron chi connectivity index (χ0n) is 12.6. The van der Waals surface area contributed by atoms with E-state index >= 15 is 0 Å². The van der Waals surface area contributed by atoms with Crippen molar-refractivity contribution in [1.82, 2.24) is 0 Å². The smallest absolute Gasteiger partial charge is 0.168 e. The molecular formula is C17H22O4. The van der Waals surface area contributed by atoms with Crippen molar-refractivity contribution < 1.29 is 19.0 Å². The zero-order chi connectivity index (χ0) is 14.8. The van der Waals surface area contributed by atoms with E-state index in [0.717, 1.165) is 18.6 Å². The molecule has 3 rings (SSSR count). The van der Waals surface area contributed by atoms with Gasteiger partial charge in [0.2, 0.25) is 0 Å². The number of benzene rings is 1. The number of hydrogen-bond acceptors (Lipinski definition) is 4. The molecule has 2 aliphatic heterocycles. The first kappa shape index (κ1) is 14.4. The van der Waals surface area contributed by atoms with Crippen LogP contribution in [-0.4, -0.2) is 31.7 Å². The lowest BCUT2D eigenvalue weighted by Crippen LogP contribution is -2.23. The fourth-order valence-electron chi connectivity index (χ4n) is 2.97. The second-order valence-electron chi connectivity index (χ2n) is 5.97. The van der Waals surface area contributed by atoms with Crippen LogP contribution in [0.25, 0.3) is 0 Å². The maximum atomic E-state index is 12.7. The van der Waals surface area contributed by atoms with Gasteiger partial charge >= 0.3 is 0 Å². The van der Waals surface area contributed by atoms with Gasteiger partial charge in [0, 0.05) is 18.1 Å². The third-order valence-electron chi connectivity index (χ3n) is 4.22. The van der Waals surface area contributed by atoms with E-state index in [1.807, 2.05) is 18.2 Å². The fraction of sp³-hybridized carbons (Fsp3) is 0.588. The molecule has 0 radical (unpaired) electrons. The standard InChI is InChI=1S/C17H22O4/c1-3-14-13(6-7-19-14)17(18)12-4-5-15-16(8-12)21-10-11(2)9-20-15/h4-5,8,11,13-14H,3,6-7,9-10H2,1-2H3. The molecule has 114 valence electrons. The highest BCUT2D eigenvalue weighted by molar-refractivity contribution is 5.99. The van der Waals surface area contributed by atoms with Crippen molar-refractivity contribution in [2.75, 3.05) is 19.8 Å². The Bertz CT molecular complexity index is 526. The molecule has 4 nitrogen and oxygen atoms in total. The van der Waals surface area contributed by atoms with E-state index in [4.69, 9.17) is 14.2 Å². The molecule has 0 N–H and O–H groups in total. The minimum absolute atomic E-state index is 0.0290. The molecule has 0 bridgehead atoms. The van der Waals surface area contributed by atoms with E-state index in [1.54, 1.807) is 0 Å². The monoisotopic (exact) mass is 290 g/mol. The molecule has 1 fully saturated rings. The van der Waals surface area contributed by atoms with Crippen LogP contribution < -0.4 is 9.47 Å². The molecule has 3 unspecified atom stereocenters. The molecule has 0 aliphatic carbocycles. The predicted molar refractivity (Wildman–Crippen MR) is 79.1 cm³/mol. The van der Waals surface area contributed by atoms with E-state index in [1.165, 1.54) is 0 Å². The zero-order valence-corrected chi connectivity index (χ0v) is 12.6. The first-order valence-electron chi connectivity index (χ1n) is 7.74. The van der Waals surface area contributed by atoms with Gasteiger partial charge in [-0.05, 0) is 31.0 Å². The number of rotatable bonds is 3. The summed E-state index contributed by atoms with van der Waals surface area (Å²) in [6, 6.07) is 5.50. The molecular weight excluding hydrogens is 268 g/mol. The normalized spacial score (nSPS) is 28.2. The topological polar surface area (TPSA) is 44.8 Å². The first-order chi connectivity index (χ1) is 10.2. The third kappa shape index (κ3) is 2.91. The summed E-state index contributed by atoms with van der Waals surface area (Å²) < 4.78 is 17.1. The highest BCUT2D eigenvalue weighted by Gasteiger charge is 2.33. The molecule has 0 spiro atoms. The van der Waals surface area contributed by atoms with Gasteiger partial charge in [-0.1, -0.05) is 13.8 Å². The minimum atomic E-state index is -0.0290. The van der Waals surface area contributed by atoms with Crippen LogP contribution in [0.1, 0.15) is 37.0 Å². The number of fused-ring (bicyclic) bond motifs is 1. The highest BCUT2D eigenvalue weighted by atomic mass is 16.5.